The van der Waals surface area contributed by atoms with Gasteiger partial charge in [0, 0.05) is 31.1 Å². The molecule has 0 bridgehead atoms. The number of nitrogens with one attached hydrogen (secondary N) is 1. The molecular weight excluding hydrogens is 288 g/mol. The number of aryl methyl sites for hydroxylation is 1. The fourth-order valence-electron chi connectivity index (χ4n) is 3.68. The van der Waals surface area contributed by atoms with Crippen molar-refractivity contribution in [2.75, 3.05) is 11.4 Å². The molecule has 0 unspecified atom stereocenters. The maximum absolute atomic E-state index is 12.6. The molecule has 2 aliphatic rings. The number of hydrogen-bond donors (Lipinski definition) is 1. The monoisotopic (exact) mass is 314 g/mol. The van der Waals surface area contributed by atoms with Crippen LogP contribution in [0.3, 0.4) is 0 Å². The summed E-state index contributed by atoms with van der Waals surface area (Å²) in [5, 5.41) is 3.06. The lowest BCUT2D eigenvalue weighted by Gasteiger charge is -2.23. The predicted molar refractivity (Wildman–Crippen MR) is 91.4 cm³/mol. The number of carbonyl (C=O) groups is 2. The molecular formula is C19H26N2O2. The summed E-state index contributed by atoms with van der Waals surface area (Å²) in [5.74, 6) is 0.0919. The molecule has 0 atom stereocenters. The van der Waals surface area contributed by atoms with E-state index in [4.69, 9.17) is 0 Å². The van der Waals surface area contributed by atoms with E-state index in [9.17, 15) is 9.59 Å². The van der Waals surface area contributed by atoms with E-state index in [2.05, 4.69) is 11.4 Å². The number of benzene rings is 1. The molecule has 23 heavy (non-hydrogen) atoms. The van der Waals surface area contributed by atoms with Gasteiger partial charge in [0.2, 0.25) is 11.8 Å². The highest BCUT2D eigenvalue weighted by atomic mass is 16.2. The van der Waals surface area contributed by atoms with Crippen LogP contribution in [-0.4, -0.2) is 24.4 Å². The van der Waals surface area contributed by atoms with Crippen molar-refractivity contribution in [3.8, 4) is 0 Å². The number of amides is 2. The largest absolute Gasteiger partial charge is 0.353 e. The van der Waals surface area contributed by atoms with Crippen LogP contribution in [-0.2, 0) is 16.0 Å². The zero-order valence-electron chi connectivity index (χ0n) is 13.7. The summed E-state index contributed by atoms with van der Waals surface area (Å²) >= 11 is 0. The number of para-hydroxylation sites is 1. The number of rotatable bonds is 4. The third-order valence-electron chi connectivity index (χ3n) is 4.95. The topological polar surface area (TPSA) is 49.4 Å². The minimum absolute atomic E-state index is 0.0216. The number of carbonyl (C=O) groups excluding carboxylic acids is 2. The highest BCUT2D eigenvalue weighted by Crippen LogP contribution is 2.26. The molecule has 0 aromatic heterocycles. The molecule has 4 nitrogen and oxygen atoms in total. The first-order chi connectivity index (χ1) is 11.2. The molecule has 0 saturated heterocycles. The van der Waals surface area contributed by atoms with Crippen LogP contribution in [0.4, 0.5) is 5.69 Å². The van der Waals surface area contributed by atoms with Gasteiger partial charge in [-0.15, -0.1) is 0 Å². The molecule has 1 N–H and O–H groups in total. The zero-order chi connectivity index (χ0) is 16.1. The van der Waals surface area contributed by atoms with Crippen LogP contribution in [0.2, 0.25) is 0 Å². The smallest absolute Gasteiger partial charge is 0.227 e. The van der Waals surface area contributed by atoms with Crippen molar-refractivity contribution >= 4 is 17.5 Å². The van der Waals surface area contributed by atoms with E-state index >= 15 is 0 Å². The fourth-order valence-corrected chi connectivity index (χ4v) is 3.68. The maximum Gasteiger partial charge on any atom is 0.227 e. The van der Waals surface area contributed by atoms with E-state index in [1.165, 1.54) is 18.4 Å². The minimum Gasteiger partial charge on any atom is -0.353 e. The van der Waals surface area contributed by atoms with Gasteiger partial charge in [0.15, 0.2) is 0 Å². The van der Waals surface area contributed by atoms with Crippen molar-refractivity contribution in [1.82, 2.24) is 5.32 Å². The standard InChI is InChI=1S/C19H26N2O2/c22-18(20-16-9-2-3-10-16)12-13-19(23)21-14-6-5-8-15-7-1-4-11-17(15)21/h1,4,7,11,16H,2-3,5-6,8-10,12-14H2,(H,20,22). The second-order valence-corrected chi connectivity index (χ2v) is 6.68. The molecule has 0 radical (unpaired) electrons. The van der Waals surface area contributed by atoms with Crippen LogP contribution in [0.1, 0.15) is 56.9 Å². The Balaban J connectivity index is 1.56. The van der Waals surface area contributed by atoms with Gasteiger partial charge >= 0.3 is 0 Å². The maximum atomic E-state index is 12.6. The number of fused-ring (bicyclic) bond motifs is 1. The Bertz CT molecular complexity index is 564. The lowest BCUT2D eigenvalue weighted by atomic mass is 10.1. The van der Waals surface area contributed by atoms with E-state index in [1.54, 1.807) is 0 Å². The third-order valence-corrected chi connectivity index (χ3v) is 4.95. The third kappa shape index (κ3) is 4.12. The van der Waals surface area contributed by atoms with Crippen LogP contribution < -0.4 is 10.2 Å². The summed E-state index contributed by atoms with van der Waals surface area (Å²) < 4.78 is 0. The van der Waals surface area contributed by atoms with Crippen LogP contribution >= 0.6 is 0 Å². The van der Waals surface area contributed by atoms with Crippen LogP contribution in [0, 0.1) is 0 Å². The molecule has 1 fully saturated rings. The Labute approximate surface area is 138 Å². The van der Waals surface area contributed by atoms with Gasteiger partial charge in [-0.1, -0.05) is 31.0 Å². The van der Waals surface area contributed by atoms with Gasteiger partial charge in [0.25, 0.3) is 0 Å². The second kappa shape index (κ2) is 7.62. The first-order valence-electron chi connectivity index (χ1n) is 8.91. The average molecular weight is 314 g/mol. The van der Waals surface area contributed by atoms with Crippen LogP contribution in [0.25, 0.3) is 0 Å². The summed E-state index contributed by atoms with van der Waals surface area (Å²) in [4.78, 5) is 26.5. The normalized spacial score (nSPS) is 18.3. The molecule has 1 heterocycles. The summed E-state index contributed by atoms with van der Waals surface area (Å²) in [6.07, 6.45) is 8.34. The van der Waals surface area contributed by atoms with Crippen LogP contribution in [0.15, 0.2) is 24.3 Å². The van der Waals surface area contributed by atoms with E-state index in [0.29, 0.717) is 18.9 Å². The summed E-state index contributed by atoms with van der Waals surface area (Å²) in [5.41, 5.74) is 2.28. The molecule has 1 aromatic rings. The minimum atomic E-state index is 0.0216. The Morgan fingerprint density at radius 1 is 1.04 bits per heavy atom. The van der Waals surface area contributed by atoms with E-state index in [0.717, 1.165) is 44.3 Å². The number of anilines is 1. The van der Waals surface area contributed by atoms with E-state index in [1.807, 2.05) is 23.1 Å². The first-order valence-corrected chi connectivity index (χ1v) is 8.91. The lowest BCUT2D eigenvalue weighted by molar-refractivity contribution is -0.125. The average Bonchev–Trinajstić information content (AvgIpc) is 2.96. The van der Waals surface area contributed by atoms with Gasteiger partial charge in [0.05, 0.1) is 0 Å². The summed E-state index contributed by atoms with van der Waals surface area (Å²) in [7, 11) is 0. The Kier molecular flexibility index (Phi) is 5.31. The number of hydrogen-bond acceptors (Lipinski definition) is 2. The molecule has 3 rings (SSSR count). The molecule has 1 saturated carbocycles. The van der Waals surface area contributed by atoms with Crippen molar-refractivity contribution in [3.63, 3.8) is 0 Å². The summed E-state index contributed by atoms with van der Waals surface area (Å²) in [6.45, 7) is 0.764. The highest BCUT2D eigenvalue weighted by Gasteiger charge is 2.22. The molecule has 1 aromatic carbocycles. The van der Waals surface area contributed by atoms with Crippen LogP contribution in [0.5, 0.6) is 0 Å². The number of nitrogens with zero attached hydrogens (tertiary/aromatic N) is 1. The SMILES string of the molecule is O=C(CCC(=O)N1CCCCc2ccccc21)NC1CCCC1. The van der Waals surface area contributed by atoms with Gasteiger partial charge in [-0.3, -0.25) is 9.59 Å². The van der Waals surface area contributed by atoms with Crippen molar-refractivity contribution < 1.29 is 9.59 Å². The molecule has 1 aliphatic heterocycles. The second-order valence-electron chi connectivity index (χ2n) is 6.68. The van der Waals surface area contributed by atoms with Crippen molar-refractivity contribution in [1.29, 1.82) is 0 Å². The molecule has 124 valence electrons. The van der Waals surface area contributed by atoms with Crippen molar-refractivity contribution in [2.24, 2.45) is 0 Å². The van der Waals surface area contributed by atoms with Gasteiger partial charge in [-0.2, -0.15) is 0 Å². The van der Waals surface area contributed by atoms with Gasteiger partial charge in [0.1, 0.15) is 0 Å². The molecule has 4 heteroatoms. The zero-order valence-corrected chi connectivity index (χ0v) is 13.7. The highest BCUT2D eigenvalue weighted by molar-refractivity contribution is 5.96. The van der Waals surface area contributed by atoms with Crippen molar-refractivity contribution in [2.45, 2.75) is 63.8 Å². The molecule has 0 spiro atoms. The first kappa shape index (κ1) is 16.0. The molecule has 2 amide bonds. The van der Waals surface area contributed by atoms with Gasteiger partial charge in [-0.05, 0) is 43.7 Å². The lowest BCUT2D eigenvalue weighted by Crippen LogP contribution is -2.35. The quantitative estimate of drug-likeness (QED) is 0.928. The predicted octanol–water partition coefficient (Wildman–Crippen LogP) is 3.19. The summed E-state index contributed by atoms with van der Waals surface area (Å²) in [6, 6.07) is 8.47. The Hall–Kier alpha value is -1.84. The molecule has 1 aliphatic carbocycles. The Morgan fingerprint density at radius 3 is 2.65 bits per heavy atom. The van der Waals surface area contributed by atoms with Gasteiger partial charge in [-0.25, -0.2) is 0 Å². The Morgan fingerprint density at radius 2 is 1.83 bits per heavy atom. The van der Waals surface area contributed by atoms with Gasteiger partial charge < -0.3 is 10.2 Å². The van der Waals surface area contributed by atoms with E-state index in [-0.39, 0.29) is 11.8 Å². The van der Waals surface area contributed by atoms with E-state index < -0.39 is 0 Å². The fraction of sp³-hybridized carbons (Fsp3) is 0.579. The van der Waals surface area contributed by atoms with Crippen molar-refractivity contribution in [3.05, 3.63) is 29.8 Å².